The molecule has 1 fully saturated rings. The van der Waals surface area contributed by atoms with Crippen LogP contribution in [-0.4, -0.2) is 34.6 Å². The molecule has 1 unspecified atom stereocenters. The summed E-state index contributed by atoms with van der Waals surface area (Å²) >= 11 is 0. The van der Waals surface area contributed by atoms with Gasteiger partial charge in [0.05, 0.1) is 12.1 Å². The lowest BCUT2D eigenvalue weighted by Crippen LogP contribution is -2.15. The first-order chi connectivity index (χ1) is 7.92. The van der Waals surface area contributed by atoms with Crippen LogP contribution in [0, 0.1) is 5.92 Å². The van der Waals surface area contributed by atoms with E-state index < -0.39 is 0 Å². The van der Waals surface area contributed by atoms with Gasteiger partial charge >= 0.3 is 0 Å². The van der Waals surface area contributed by atoms with Gasteiger partial charge in [-0.25, -0.2) is 4.98 Å². The van der Waals surface area contributed by atoms with E-state index in [1.54, 1.807) is 6.20 Å². The molecule has 1 aliphatic rings. The van der Waals surface area contributed by atoms with E-state index in [2.05, 4.69) is 20.3 Å². The van der Waals surface area contributed by atoms with Gasteiger partial charge in [-0.05, 0) is 25.1 Å². The van der Waals surface area contributed by atoms with Crippen LogP contribution in [0.25, 0.3) is 11.2 Å². The van der Waals surface area contributed by atoms with Gasteiger partial charge in [0.25, 0.3) is 6.01 Å². The van der Waals surface area contributed by atoms with Gasteiger partial charge in [-0.15, -0.1) is 0 Å². The summed E-state index contributed by atoms with van der Waals surface area (Å²) in [6, 6.07) is 4.39. The van der Waals surface area contributed by atoms with Crippen molar-refractivity contribution >= 4 is 11.2 Å². The molecule has 0 bridgehead atoms. The first kappa shape index (κ1) is 9.59. The molecule has 0 aromatic carbocycles. The SMILES string of the molecule is c1cnc2nc(OCC3CCNC3)[nH]c2c1. The molecule has 0 radical (unpaired) electrons. The number of nitrogens with zero attached hydrogens (tertiary/aromatic N) is 2. The zero-order valence-electron chi connectivity index (χ0n) is 8.94. The second-order valence-corrected chi connectivity index (χ2v) is 4.09. The number of H-pyrrole nitrogens is 1. The van der Waals surface area contributed by atoms with Crippen molar-refractivity contribution in [1.29, 1.82) is 0 Å². The highest BCUT2D eigenvalue weighted by molar-refractivity contribution is 5.70. The van der Waals surface area contributed by atoms with Crippen LogP contribution in [0.5, 0.6) is 6.01 Å². The molecule has 2 N–H and O–H groups in total. The zero-order valence-corrected chi connectivity index (χ0v) is 8.94. The fourth-order valence-electron chi connectivity index (χ4n) is 1.94. The second-order valence-electron chi connectivity index (χ2n) is 4.09. The molecule has 5 nitrogen and oxygen atoms in total. The lowest BCUT2D eigenvalue weighted by Gasteiger charge is -2.07. The molecule has 0 aliphatic carbocycles. The number of aromatic amines is 1. The fraction of sp³-hybridized carbons (Fsp3) is 0.455. The molecule has 1 aliphatic heterocycles. The number of nitrogens with one attached hydrogen (secondary N) is 2. The van der Waals surface area contributed by atoms with Crippen molar-refractivity contribution < 1.29 is 4.74 Å². The first-order valence-corrected chi connectivity index (χ1v) is 5.56. The summed E-state index contributed by atoms with van der Waals surface area (Å²) in [7, 11) is 0. The molecule has 84 valence electrons. The van der Waals surface area contributed by atoms with Gasteiger partial charge in [-0.1, -0.05) is 0 Å². The van der Waals surface area contributed by atoms with Crippen LogP contribution in [0.15, 0.2) is 18.3 Å². The Balaban J connectivity index is 1.69. The van der Waals surface area contributed by atoms with E-state index in [-0.39, 0.29) is 0 Å². The maximum Gasteiger partial charge on any atom is 0.296 e. The molecule has 0 spiro atoms. The zero-order chi connectivity index (χ0) is 10.8. The number of fused-ring (bicyclic) bond motifs is 1. The van der Waals surface area contributed by atoms with Crippen molar-refractivity contribution in [3.8, 4) is 6.01 Å². The van der Waals surface area contributed by atoms with Crippen LogP contribution < -0.4 is 10.1 Å². The Morgan fingerprint density at radius 1 is 1.50 bits per heavy atom. The monoisotopic (exact) mass is 218 g/mol. The topological polar surface area (TPSA) is 62.8 Å². The van der Waals surface area contributed by atoms with Gasteiger partial charge in [0.15, 0.2) is 5.65 Å². The van der Waals surface area contributed by atoms with E-state index >= 15 is 0 Å². The fourth-order valence-corrected chi connectivity index (χ4v) is 1.94. The van der Waals surface area contributed by atoms with E-state index in [9.17, 15) is 0 Å². The van der Waals surface area contributed by atoms with Crippen molar-refractivity contribution in [1.82, 2.24) is 20.3 Å². The number of pyridine rings is 1. The number of rotatable bonds is 3. The van der Waals surface area contributed by atoms with E-state index in [0.29, 0.717) is 24.2 Å². The second kappa shape index (κ2) is 4.09. The Morgan fingerprint density at radius 2 is 2.50 bits per heavy atom. The van der Waals surface area contributed by atoms with E-state index in [0.717, 1.165) is 18.6 Å². The molecule has 1 saturated heterocycles. The van der Waals surface area contributed by atoms with Crippen molar-refractivity contribution in [2.45, 2.75) is 6.42 Å². The predicted octanol–water partition coefficient (Wildman–Crippen LogP) is 0.946. The number of imidazole rings is 1. The minimum absolute atomic E-state index is 0.570. The molecule has 0 saturated carbocycles. The summed E-state index contributed by atoms with van der Waals surface area (Å²) in [5.74, 6) is 0.598. The summed E-state index contributed by atoms with van der Waals surface area (Å²) < 4.78 is 5.63. The van der Waals surface area contributed by atoms with Crippen molar-refractivity contribution in [2.75, 3.05) is 19.7 Å². The number of aromatic nitrogens is 3. The molecule has 5 heteroatoms. The third-order valence-corrected chi connectivity index (χ3v) is 2.85. The highest BCUT2D eigenvalue weighted by Crippen LogP contribution is 2.14. The molecular formula is C11H14N4O. The number of ether oxygens (including phenoxy) is 1. The van der Waals surface area contributed by atoms with Crippen molar-refractivity contribution in [2.24, 2.45) is 5.92 Å². The lowest BCUT2D eigenvalue weighted by atomic mass is 10.1. The van der Waals surface area contributed by atoms with Gasteiger partial charge < -0.3 is 15.0 Å². The van der Waals surface area contributed by atoms with Crippen LogP contribution in [-0.2, 0) is 0 Å². The average molecular weight is 218 g/mol. The average Bonchev–Trinajstić information content (AvgIpc) is 2.95. The summed E-state index contributed by atoms with van der Waals surface area (Å²) in [6.07, 6.45) is 2.91. The van der Waals surface area contributed by atoms with Crippen molar-refractivity contribution in [3.63, 3.8) is 0 Å². The molecular weight excluding hydrogens is 204 g/mol. The number of hydrogen-bond acceptors (Lipinski definition) is 4. The Labute approximate surface area is 93.2 Å². The van der Waals surface area contributed by atoms with E-state index in [4.69, 9.17) is 4.74 Å². The predicted molar refractivity (Wildman–Crippen MR) is 60.4 cm³/mol. The van der Waals surface area contributed by atoms with Gasteiger partial charge in [0, 0.05) is 18.7 Å². The molecule has 2 aromatic heterocycles. The third kappa shape index (κ3) is 1.86. The molecule has 16 heavy (non-hydrogen) atoms. The molecule has 1 atom stereocenters. The summed E-state index contributed by atoms with van der Waals surface area (Å²) in [5.41, 5.74) is 1.63. The van der Waals surface area contributed by atoms with Crippen LogP contribution in [0.3, 0.4) is 0 Å². The lowest BCUT2D eigenvalue weighted by molar-refractivity contribution is 0.244. The Kier molecular flexibility index (Phi) is 2.46. The smallest absolute Gasteiger partial charge is 0.296 e. The number of hydrogen-bond donors (Lipinski definition) is 2. The van der Waals surface area contributed by atoms with Crippen molar-refractivity contribution in [3.05, 3.63) is 18.3 Å². The van der Waals surface area contributed by atoms with E-state index in [1.807, 2.05) is 12.1 Å². The molecule has 3 rings (SSSR count). The van der Waals surface area contributed by atoms with Crippen LogP contribution >= 0.6 is 0 Å². The standard InChI is InChI=1S/C11H14N4O/c1-2-9-10(13-4-1)15-11(14-9)16-7-8-3-5-12-6-8/h1-2,4,8,12H,3,5-7H2,(H,13,14,15). The molecule has 2 aromatic rings. The summed E-state index contributed by atoms with van der Waals surface area (Å²) in [4.78, 5) is 11.5. The Bertz CT molecular complexity index is 443. The Morgan fingerprint density at radius 3 is 3.31 bits per heavy atom. The Hall–Kier alpha value is -1.62. The van der Waals surface area contributed by atoms with Gasteiger partial charge in [0.2, 0.25) is 0 Å². The van der Waals surface area contributed by atoms with E-state index in [1.165, 1.54) is 6.42 Å². The van der Waals surface area contributed by atoms with Gasteiger partial charge in [-0.3, -0.25) is 0 Å². The summed E-state index contributed by atoms with van der Waals surface area (Å²) in [6.45, 7) is 2.85. The molecule has 0 amide bonds. The van der Waals surface area contributed by atoms with Gasteiger partial charge in [-0.2, -0.15) is 4.98 Å². The maximum absolute atomic E-state index is 5.63. The minimum Gasteiger partial charge on any atom is -0.464 e. The maximum atomic E-state index is 5.63. The normalized spacial score (nSPS) is 20.4. The highest BCUT2D eigenvalue weighted by atomic mass is 16.5. The highest BCUT2D eigenvalue weighted by Gasteiger charge is 2.15. The van der Waals surface area contributed by atoms with Crippen LogP contribution in [0.4, 0.5) is 0 Å². The first-order valence-electron chi connectivity index (χ1n) is 5.56. The molecule has 3 heterocycles. The summed E-state index contributed by atoms with van der Waals surface area (Å²) in [5, 5.41) is 3.31. The third-order valence-electron chi connectivity index (χ3n) is 2.85. The minimum atomic E-state index is 0.570. The largest absolute Gasteiger partial charge is 0.464 e. The quantitative estimate of drug-likeness (QED) is 0.805. The van der Waals surface area contributed by atoms with Crippen LogP contribution in [0.2, 0.25) is 0 Å². The van der Waals surface area contributed by atoms with Gasteiger partial charge in [0.1, 0.15) is 0 Å². The van der Waals surface area contributed by atoms with Crippen LogP contribution in [0.1, 0.15) is 6.42 Å².